The standard InChI is InChI=1S/C24H26F3N5O6S2/c1-12-15(22-23-31-20(24(25,26)27)9-32(23)2-3-37-22)7-19(39-12)21(34)16-8-29-11-30-17(16)5-13-4-14(18(33)6-13)10-38-40(28,35)36/h7-9,11,13-14,18,22,33H,2-6,10H2,1H3,(H2,28,35,36)/t13-,14+,18-,22?/m0/s1. The van der Waals surface area contributed by atoms with Crippen molar-refractivity contribution in [2.24, 2.45) is 17.0 Å². The Kier molecular flexibility index (Phi) is 7.84. The van der Waals surface area contributed by atoms with E-state index in [1.807, 2.05) is 0 Å². The Hall–Kier alpha value is -2.76. The monoisotopic (exact) mass is 601 g/mol. The number of rotatable bonds is 8. The van der Waals surface area contributed by atoms with Gasteiger partial charge in [0, 0.05) is 35.3 Å². The summed E-state index contributed by atoms with van der Waals surface area (Å²) in [7, 11) is -4.13. The largest absolute Gasteiger partial charge is 0.434 e. The molecule has 1 saturated carbocycles. The van der Waals surface area contributed by atoms with Crippen LogP contribution in [0.4, 0.5) is 13.2 Å². The third kappa shape index (κ3) is 6.11. The third-order valence-electron chi connectivity index (χ3n) is 7.13. The molecule has 0 saturated heterocycles. The molecule has 3 N–H and O–H groups in total. The number of hydrogen-bond donors (Lipinski definition) is 2. The van der Waals surface area contributed by atoms with Gasteiger partial charge in [-0.3, -0.25) is 8.98 Å². The lowest BCUT2D eigenvalue weighted by Crippen LogP contribution is -2.24. The predicted molar refractivity (Wildman–Crippen MR) is 135 cm³/mol. The molecule has 16 heteroatoms. The van der Waals surface area contributed by atoms with Crippen LogP contribution in [0.15, 0.2) is 24.8 Å². The first kappa shape index (κ1) is 28.8. The minimum Gasteiger partial charge on any atom is -0.393 e. The molecule has 1 aliphatic heterocycles. The van der Waals surface area contributed by atoms with Crippen LogP contribution in [0.25, 0.3) is 0 Å². The number of carbonyl (C=O) groups is 1. The maximum absolute atomic E-state index is 13.6. The second kappa shape index (κ2) is 10.9. The average Bonchev–Trinajstić information content (AvgIpc) is 3.58. The number of ketones is 1. The van der Waals surface area contributed by atoms with Gasteiger partial charge in [0.1, 0.15) is 18.3 Å². The lowest BCUT2D eigenvalue weighted by Gasteiger charge is -2.24. The van der Waals surface area contributed by atoms with E-state index < -0.39 is 40.3 Å². The SMILES string of the molecule is Cc1sc(C(=O)c2cncnc2C[C@@H]2C[C@H](COS(N)(=O)=O)[C@@H](O)C2)cc1C1OCCn2cc(C(F)(F)F)nc21. The maximum atomic E-state index is 13.6. The molecule has 1 fully saturated rings. The number of carbonyl (C=O) groups excluding carboxylic acids is 1. The van der Waals surface area contributed by atoms with E-state index in [0.29, 0.717) is 40.3 Å². The third-order valence-corrected chi connectivity index (χ3v) is 8.66. The molecule has 4 atom stereocenters. The number of imidazole rings is 1. The molecule has 2 aliphatic rings. The van der Waals surface area contributed by atoms with Crippen molar-refractivity contribution in [1.82, 2.24) is 19.5 Å². The Morgan fingerprint density at radius 1 is 1.35 bits per heavy atom. The van der Waals surface area contributed by atoms with Gasteiger partial charge in [-0.05, 0) is 38.2 Å². The van der Waals surface area contributed by atoms with Gasteiger partial charge in [-0.2, -0.15) is 21.6 Å². The maximum Gasteiger partial charge on any atom is 0.434 e. The van der Waals surface area contributed by atoms with Crippen LogP contribution in [0, 0.1) is 18.8 Å². The summed E-state index contributed by atoms with van der Waals surface area (Å²) < 4.78 is 73.9. The van der Waals surface area contributed by atoms with Crippen molar-refractivity contribution in [1.29, 1.82) is 0 Å². The zero-order chi connectivity index (χ0) is 28.8. The summed E-state index contributed by atoms with van der Waals surface area (Å²) in [4.78, 5) is 26.7. The fourth-order valence-corrected chi connectivity index (χ4v) is 6.62. The van der Waals surface area contributed by atoms with Crippen molar-refractivity contribution < 1.29 is 40.4 Å². The quantitative estimate of drug-likeness (QED) is 0.370. The Bertz CT molecular complexity index is 1520. The minimum atomic E-state index is -4.59. The summed E-state index contributed by atoms with van der Waals surface area (Å²) in [5.74, 6) is -0.753. The fourth-order valence-electron chi connectivity index (χ4n) is 5.25. The van der Waals surface area contributed by atoms with Gasteiger partial charge in [-0.25, -0.2) is 20.1 Å². The summed E-state index contributed by atoms with van der Waals surface area (Å²) >= 11 is 1.19. The second-order valence-corrected chi connectivity index (χ2v) is 12.4. The van der Waals surface area contributed by atoms with E-state index in [0.717, 1.165) is 6.20 Å². The number of nitrogens with two attached hydrogens (primary N) is 1. The topological polar surface area (TPSA) is 160 Å². The van der Waals surface area contributed by atoms with Crippen molar-refractivity contribution in [2.75, 3.05) is 13.2 Å². The summed E-state index contributed by atoms with van der Waals surface area (Å²) in [6.45, 7) is 1.95. The Labute approximate surface area is 231 Å². The van der Waals surface area contributed by atoms with Crippen molar-refractivity contribution in [3.8, 4) is 0 Å². The number of fused-ring (bicyclic) bond motifs is 1. The number of halogens is 3. The lowest BCUT2D eigenvalue weighted by atomic mass is 9.96. The zero-order valence-corrected chi connectivity index (χ0v) is 22.8. The summed E-state index contributed by atoms with van der Waals surface area (Å²) in [6.07, 6.45) is -1.39. The number of nitrogens with zero attached hydrogens (tertiary/aromatic N) is 4. The zero-order valence-electron chi connectivity index (χ0n) is 21.2. The van der Waals surface area contributed by atoms with E-state index in [9.17, 15) is 31.5 Å². The molecule has 0 aromatic carbocycles. The molecule has 11 nitrogen and oxygen atoms in total. The van der Waals surface area contributed by atoms with Crippen LogP contribution in [-0.2, 0) is 38.4 Å². The number of ether oxygens (including phenoxy) is 1. The van der Waals surface area contributed by atoms with Crippen LogP contribution in [0.2, 0.25) is 0 Å². The van der Waals surface area contributed by atoms with Crippen LogP contribution < -0.4 is 5.14 Å². The van der Waals surface area contributed by atoms with E-state index >= 15 is 0 Å². The van der Waals surface area contributed by atoms with Crippen LogP contribution in [0.1, 0.15) is 61.8 Å². The first-order valence-corrected chi connectivity index (χ1v) is 14.6. The molecule has 3 aromatic heterocycles. The van der Waals surface area contributed by atoms with Crippen molar-refractivity contribution in [3.63, 3.8) is 0 Å². The number of aryl methyl sites for hydroxylation is 1. The number of aromatic nitrogens is 4. The van der Waals surface area contributed by atoms with Crippen LogP contribution in [-0.4, -0.2) is 58.1 Å². The molecule has 1 unspecified atom stereocenters. The molecule has 1 aliphatic carbocycles. The second-order valence-electron chi connectivity index (χ2n) is 9.91. The van der Waals surface area contributed by atoms with Gasteiger partial charge in [0.2, 0.25) is 5.78 Å². The molecule has 216 valence electrons. The molecule has 3 aromatic rings. The van der Waals surface area contributed by atoms with Gasteiger partial charge >= 0.3 is 16.5 Å². The van der Waals surface area contributed by atoms with Crippen LogP contribution in [0.5, 0.6) is 0 Å². The summed E-state index contributed by atoms with van der Waals surface area (Å²) in [5.41, 5.74) is 0.295. The number of alkyl halides is 3. The highest BCUT2D eigenvalue weighted by molar-refractivity contribution is 7.84. The van der Waals surface area contributed by atoms with Gasteiger partial charge in [0.25, 0.3) is 0 Å². The summed E-state index contributed by atoms with van der Waals surface area (Å²) in [6, 6.07) is 1.61. The molecule has 0 bridgehead atoms. The molecular weight excluding hydrogens is 575 g/mol. The molecule has 40 heavy (non-hydrogen) atoms. The highest BCUT2D eigenvalue weighted by atomic mass is 32.2. The Morgan fingerprint density at radius 3 is 2.85 bits per heavy atom. The number of thiophene rings is 1. The van der Waals surface area contributed by atoms with Gasteiger partial charge in [-0.15, -0.1) is 11.3 Å². The lowest BCUT2D eigenvalue weighted by molar-refractivity contribution is -0.141. The van der Waals surface area contributed by atoms with Gasteiger partial charge in [-0.1, -0.05) is 0 Å². The first-order valence-electron chi connectivity index (χ1n) is 12.3. The molecule has 5 rings (SSSR count). The van der Waals surface area contributed by atoms with Crippen molar-refractivity contribution in [3.05, 3.63) is 62.9 Å². The van der Waals surface area contributed by atoms with E-state index in [-0.39, 0.29) is 42.8 Å². The van der Waals surface area contributed by atoms with E-state index in [1.165, 1.54) is 28.4 Å². The number of aliphatic hydroxyl groups excluding tert-OH is 1. The summed E-state index contributed by atoms with van der Waals surface area (Å²) in [5, 5.41) is 15.3. The van der Waals surface area contributed by atoms with E-state index in [1.54, 1.807) is 13.0 Å². The smallest absolute Gasteiger partial charge is 0.393 e. The van der Waals surface area contributed by atoms with Crippen LogP contribution >= 0.6 is 11.3 Å². The average molecular weight is 602 g/mol. The molecular formula is C24H26F3N5O6S2. The van der Waals surface area contributed by atoms with Crippen molar-refractivity contribution in [2.45, 2.75) is 51.1 Å². The van der Waals surface area contributed by atoms with Gasteiger partial charge < -0.3 is 14.4 Å². The molecule has 4 heterocycles. The highest BCUT2D eigenvalue weighted by Gasteiger charge is 2.38. The van der Waals surface area contributed by atoms with Crippen LogP contribution in [0.3, 0.4) is 0 Å². The minimum absolute atomic E-state index is 0.0940. The Balaban J connectivity index is 1.35. The molecule has 0 radical (unpaired) electrons. The fraction of sp³-hybridized carbons (Fsp3) is 0.500. The molecule has 0 amide bonds. The first-order chi connectivity index (χ1) is 18.8. The number of hydrogen-bond acceptors (Lipinski definition) is 10. The predicted octanol–water partition coefficient (Wildman–Crippen LogP) is 2.56. The Morgan fingerprint density at radius 2 is 2.12 bits per heavy atom. The normalized spacial score (nSPS) is 23.4. The van der Waals surface area contributed by atoms with Gasteiger partial charge in [0.05, 0.1) is 35.5 Å². The van der Waals surface area contributed by atoms with E-state index in [2.05, 4.69) is 19.1 Å². The molecule has 0 spiro atoms. The van der Waals surface area contributed by atoms with Crippen molar-refractivity contribution >= 4 is 27.4 Å². The van der Waals surface area contributed by atoms with E-state index in [4.69, 9.17) is 9.88 Å². The number of aliphatic hydroxyl groups is 1. The highest BCUT2D eigenvalue weighted by Crippen LogP contribution is 2.39. The van der Waals surface area contributed by atoms with Gasteiger partial charge in [0.15, 0.2) is 5.69 Å².